The summed E-state index contributed by atoms with van der Waals surface area (Å²) in [4.78, 5) is 11.0. The van der Waals surface area contributed by atoms with E-state index in [4.69, 9.17) is 37.8 Å². The lowest BCUT2D eigenvalue weighted by atomic mass is 9.98. The van der Waals surface area contributed by atoms with Crippen molar-refractivity contribution < 1.29 is 19.4 Å². The van der Waals surface area contributed by atoms with Gasteiger partial charge in [0, 0.05) is 22.0 Å². The van der Waals surface area contributed by atoms with E-state index in [0.717, 1.165) is 28.0 Å². The van der Waals surface area contributed by atoms with Crippen molar-refractivity contribution in [3.63, 3.8) is 0 Å². The molecule has 0 fully saturated rings. The number of rotatable bonds is 7. The lowest BCUT2D eigenvalue weighted by Crippen LogP contribution is -2.22. The Hall–Kier alpha value is -2.69. The number of aliphatic carboxylic acids is 1. The summed E-state index contributed by atoms with van der Waals surface area (Å²) in [6.45, 7) is 1.44. The molecule has 1 atom stereocenters. The van der Waals surface area contributed by atoms with Gasteiger partial charge in [-0.15, -0.1) is 0 Å². The number of hydrogen-bond acceptors (Lipinski definition) is 3. The van der Waals surface area contributed by atoms with Crippen molar-refractivity contribution in [2.45, 2.75) is 19.4 Å². The maximum atomic E-state index is 11.0. The molecule has 0 bridgehead atoms. The van der Waals surface area contributed by atoms with Gasteiger partial charge >= 0.3 is 5.97 Å². The molecule has 0 heterocycles. The van der Waals surface area contributed by atoms with Gasteiger partial charge in [0.1, 0.15) is 11.5 Å². The lowest BCUT2D eigenvalue weighted by Gasteiger charge is -2.15. The number of carbonyl (C=O) groups is 1. The Labute approximate surface area is 179 Å². The van der Waals surface area contributed by atoms with Crippen LogP contribution in [0.4, 0.5) is 0 Å². The zero-order valence-corrected chi connectivity index (χ0v) is 17.5. The molecule has 0 amide bonds. The molecule has 0 aliphatic carbocycles. The molecule has 0 aliphatic rings. The van der Waals surface area contributed by atoms with Crippen molar-refractivity contribution in [1.29, 1.82) is 0 Å². The summed E-state index contributed by atoms with van der Waals surface area (Å²) in [6, 6.07) is 19.1. The molecule has 1 N–H and O–H groups in total. The van der Waals surface area contributed by atoms with E-state index in [-0.39, 0.29) is 0 Å². The van der Waals surface area contributed by atoms with Crippen LogP contribution in [0.1, 0.15) is 18.1 Å². The van der Waals surface area contributed by atoms with Crippen LogP contribution in [0.2, 0.25) is 10.0 Å². The van der Waals surface area contributed by atoms with Crippen molar-refractivity contribution in [2.75, 3.05) is 7.11 Å². The summed E-state index contributed by atoms with van der Waals surface area (Å²) >= 11 is 12.9. The number of carboxylic acids is 1. The molecule has 6 heteroatoms. The van der Waals surface area contributed by atoms with Gasteiger partial charge in [-0.25, -0.2) is 4.79 Å². The first-order chi connectivity index (χ1) is 13.9. The second kappa shape index (κ2) is 9.21. The Bertz CT molecular complexity index is 996. The summed E-state index contributed by atoms with van der Waals surface area (Å²) in [5.74, 6) is 0.0369. The molecular formula is C23H20Cl2O4. The van der Waals surface area contributed by atoms with E-state index in [1.807, 2.05) is 42.5 Å². The molecule has 0 aromatic heterocycles. The van der Waals surface area contributed by atoms with Gasteiger partial charge < -0.3 is 14.6 Å². The average molecular weight is 431 g/mol. The summed E-state index contributed by atoms with van der Waals surface area (Å²) in [7, 11) is 1.64. The molecule has 3 aromatic carbocycles. The van der Waals surface area contributed by atoms with E-state index in [1.54, 1.807) is 19.2 Å². The van der Waals surface area contributed by atoms with Crippen molar-refractivity contribution in [3.8, 4) is 22.6 Å². The average Bonchev–Trinajstić information content (AvgIpc) is 2.71. The van der Waals surface area contributed by atoms with E-state index < -0.39 is 12.1 Å². The lowest BCUT2D eigenvalue weighted by molar-refractivity contribution is -0.144. The number of ether oxygens (including phenoxy) is 2. The molecule has 1 unspecified atom stereocenters. The van der Waals surface area contributed by atoms with E-state index in [0.29, 0.717) is 22.2 Å². The Morgan fingerprint density at radius 1 is 1.03 bits per heavy atom. The molecular weight excluding hydrogens is 411 g/mol. The smallest absolute Gasteiger partial charge is 0.344 e. The summed E-state index contributed by atoms with van der Waals surface area (Å²) in [5.41, 5.74) is 3.79. The third-order valence-corrected chi connectivity index (χ3v) is 5.18. The SMILES string of the molecule is COc1ccc(Cc2c(Cl)cc(OC(C)C(=O)O)cc2Cl)cc1-c1ccccc1. The highest BCUT2D eigenvalue weighted by atomic mass is 35.5. The van der Waals surface area contributed by atoms with Crippen molar-refractivity contribution >= 4 is 29.2 Å². The molecule has 0 radical (unpaired) electrons. The Morgan fingerprint density at radius 2 is 1.69 bits per heavy atom. The van der Waals surface area contributed by atoms with Crippen LogP contribution in [0.25, 0.3) is 11.1 Å². The van der Waals surface area contributed by atoms with Gasteiger partial charge in [0.25, 0.3) is 0 Å². The topological polar surface area (TPSA) is 55.8 Å². The monoisotopic (exact) mass is 430 g/mol. The second-order valence-corrected chi connectivity index (χ2v) is 7.36. The van der Waals surface area contributed by atoms with Crippen LogP contribution in [-0.2, 0) is 11.2 Å². The highest BCUT2D eigenvalue weighted by molar-refractivity contribution is 6.36. The standard InChI is InChI=1S/C23H20Cl2O4/c1-14(23(26)27)29-17-12-20(24)19(21(25)13-17)11-15-8-9-22(28-2)18(10-15)16-6-4-3-5-7-16/h3-10,12-14H,11H2,1-2H3,(H,26,27). The first-order valence-corrected chi connectivity index (χ1v) is 9.74. The van der Waals surface area contributed by atoms with Crippen LogP contribution in [0, 0.1) is 0 Å². The molecule has 3 rings (SSSR count). The van der Waals surface area contributed by atoms with Crippen molar-refractivity contribution in [2.24, 2.45) is 0 Å². The zero-order chi connectivity index (χ0) is 21.0. The molecule has 0 spiro atoms. The maximum absolute atomic E-state index is 11.0. The van der Waals surface area contributed by atoms with Crippen molar-refractivity contribution in [3.05, 3.63) is 81.8 Å². The first-order valence-electron chi connectivity index (χ1n) is 8.98. The van der Waals surface area contributed by atoms with Gasteiger partial charge in [-0.2, -0.15) is 0 Å². The molecule has 3 aromatic rings. The fraction of sp³-hybridized carbons (Fsp3) is 0.174. The van der Waals surface area contributed by atoms with Crippen LogP contribution < -0.4 is 9.47 Å². The molecule has 4 nitrogen and oxygen atoms in total. The maximum Gasteiger partial charge on any atom is 0.344 e. The van der Waals surface area contributed by atoms with Gasteiger partial charge in [0.05, 0.1) is 7.11 Å². The van der Waals surface area contributed by atoms with E-state index in [2.05, 4.69) is 6.07 Å². The molecule has 0 aliphatic heterocycles. The minimum atomic E-state index is -1.06. The van der Waals surface area contributed by atoms with Crippen LogP contribution in [0.3, 0.4) is 0 Å². The third-order valence-electron chi connectivity index (χ3n) is 4.50. The van der Waals surface area contributed by atoms with Crippen LogP contribution in [-0.4, -0.2) is 24.3 Å². The number of halogens is 2. The largest absolute Gasteiger partial charge is 0.496 e. The van der Waals surface area contributed by atoms with Crippen molar-refractivity contribution in [1.82, 2.24) is 0 Å². The fourth-order valence-corrected chi connectivity index (χ4v) is 3.58. The Balaban J connectivity index is 1.91. The van der Waals surface area contributed by atoms with Gasteiger partial charge in [-0.1, -0.05) is 59.6 Å². The highest BCUT2D eigenvalue weighted by Crippen LogP contribution is 2.35. The number of methoxy groups -OCH3 is 1. The summed E-state index contributed by atoms with van der Waals surface area (Å²) < 4.78 is 10.9. The minimum absolute atomic E-state index is 0.318. The molecule has 0 saturated heterocycles. The van der Waals surface area contributed by atoms with Gasteiger partial charge in [0.2, 0.25) is 0 Å². The zero-order valence-electron chi connectivity index (χ0n) is 16.0. The van der Waals surface area contributed by atoms with Crippen LogP contribution in [0.15, 0.2) is 60.7 Å². The molecule has 29 heavy (non-hydrogen) atoms. The normalized spacial score (nSPS) is 11.7. The number of hydrogen-bond donors (Lipinski definition) is 1. The van der Waals surface area contributed by atoms with E-state index in [1.165, 1.54) is 6.92 Å². The van der Waals surface area contributed by atoms with Crippen LogP contribution in [0.5, 0.6) is 11.5 Å². The van der Waals surface area contributed by atoms with E-state index in [9.17, 15) is 4.79 Å². The predicted octanol–water partition coefficient (Wildman–Crippen LogP) is 6.11. The summed E-state index contributed by atoms with van der Waals surface area (Å²) in [6.07, 6.45) is -0.487. The quantitative estimate of drug-likeness (QED) is 0.490. The Morgan fingerprint density at radius 3 is 2.28 bits per heavy atom. The van der Waals surface area contributed by atoms with Gasteiger partial charge in [0.15, 0.2) is 6.10 Å². The number of benzene rings is 3. The third kappa shape index (κ3) is 5.03. The fourth-order valence-electron chi connectivity index (χ4n) is 2.98. The van der Waals surface area contributed by atoms with E-state index >= 15 is 0 Å². The highest BCUT2D eigenvalue weighted by Gasteiger charge is 2.16. The predicted molar refractivity (Wildman–Crippen MR) is 115 cm³/mol. The minimum Gasteiger partial charge on any atom is -0.496 e. The van der Waals surface area contributed by atoms with Gasteiger partial charge in [-0.05, 0) is 47.9 Å². The van der Waals surface area contributed by atoms with Gasteiger partial charge in [-0.3, -0.25) is 0 Å². The van der Waals surface area contributed by atoms with Crippen LogP contribution >= 0.6 is 23.2 Å². The number of carboxylic acid groups (broad SMARTS) is 1. The molecule has 150 valence electrons. The second-order valence-electron chi connectivity index (χ2n) is 6.54. The molecule has 0 saturated carbocycles. The Kier molecular flexibility index (Phi) is 6.68. The first kappa shape index (κ1) is 21.0. The summed E-state index contributed by atoms with van der Waals surface area (Å²) in [5, 5.41) is 9.83.